The van der Waals surface area contributed by atoms with E-state index >= 15 is 0 Å². The molecule has 0 fully saturated rings. The number of methoxy groups -OCH3 is 1. The topological polar surface area (TPSA) is 74.7 Å². The lowest BCUT2D eigenvalue weighted by Crippen LogP contribution is -2.15. The van der Waals surface area contributed by atoms with Crippen LogP contribution in [0.25, 0.3) is 10.6 Å². The maximum absolute atomic E-state index is 12.2. The highest BCUT2D eigenvalue weighted by Crippen LogP contribution is 2.34. The fourth-order valence-electron chi connectivity index (χ4n) is 2.41. The van der Waals surface area contributed by atoms with Crippen molar-refractivity contribution in [3.63, 3.8) is 0 Å². The van der Waals surface area contributed by atoms with Gasteiger partial charge >= 0.3 is 0 Å². The van der Waals surface area contributed by atoms with E-state index in [0.29, 0.717) is 30.4 Å². The Labute approximate surface area is 165 Å². The van der Waals surface area contributed by atoms with E-state index < -0.39 is 9.84 Å². The van der Waals surface area contributed by atoms with Crippen LogP contribution in [0.4, 0.5) is 0 Å². The Bertz CT molecular complexity index is 817. The second-order valence-corrected chi connectivity index (χ2v) is 9.04. The Hall–Kier alpha value is -1.64. The monoisotopic (exact) mass is 413 g/mol. The molecule has 0 aliphatic heterocycles. The SMILES string of the molecule is CCCCOCCS(=O)(=O)Cc1csc(-c2ccc(OCC)c(OC)c2)n1. The summed E-state index contributed by atoms with van der Waals surface area (Å²) in [4.78, 5) is 4.48. The van der Waals surface area contributed by atoms with Gasteiger partial charge in [-0.15, -0.1) is 11.3 Å². The van der Waals surface area contributed by atoms with E-state index in [9.17, 15) is 8.42 Å². The van der Waals surface area contributed by atoms with E-state index in [1.165, 1.54) is 11.3 Å². The van der Waals surface area contributed by atoms with Crippen LogP contribution in [0.1, 0.15) is 32.4 Å². The van der Waals surface area contributed by atoms with Crippen LogP contribution >= 0.6 is 11.3 Å². The Kier molecular flexibility index (Phi) is 8.53. The molecule has 0 aliphatic rings. The minimum atomic E-state index is -3.24. The molecule has 0 radical (unpaired) electrons. The molecular weight excluding hydrogens is 386 g/mol. The van der Waals surface area contributed by atoms with Gasteiger partial charge in [0.15, 0.2) is 21.3 Å². The molecule has 2 rings (SSSR count). The molecule has 27 heavy (non-hydrogen) atoms. The van der Waals surface area contributed by atoms with E-state index in [-0.39, 0.29) is 18.1 Å². The van der Waals surface area contributed by atoms with E-state index in [0.717, 1.165) is 23.4 Å². The average Bonchev–Trinajstić information content (AvgIpc) is 3.09. The van der Waals surface area contributed by atoms with Crippen molar-refractivity contribution >= 4 is 21.2 Å². The first-order chi connectivity index (χ1) is 13.0. The number of hydrogen-bond acceptors (Lipinski definition) is 7. The van der Waals surface area contributed by atoms with Crippen molar-refractivity contribution in [3.05, 3.63) is 29.3 Å². The third kappa shape index (κ3) is 6.79. The van der Waals surface area contributed by atoms with Crippen molar-refractivity contribution in [2.45, 2.75) is 32.4 Å². The Morgan fingerprint density at radius 3 is 2.67 bits per heavy atom. The lowest BCUT2D eigenvalue weighted by Gasteiger charge is -2.09. The van der Waals surface area contributed by atoms with Crippen LogP contribution in [0.5, 0.6) is 11.5 Å². The summed E-state index contributed by atoms with van der Waals surface area (Å²) in [6.45, 7) is 5.37. The van der Waals surface area contributed by atoms with Crippen LogP contribution in [0.3, 0.4) is 0 Å². The predicted molar refractivity (Wildman–Crippen MR) is 108 cm³/mol. The molecule has 8 heteroatoms. The fourth-order valence-corrected chi connectivity index (χ4v) is 4.45. The second-order valence-electron chi connectivity index (χ2n) is 6.00. The summed E-state index contributed by atoms with van der Waals surface area (Å²) in [6.07, 6.45) is 1.98. The standard InChI is InChI=1S/C19H27NO5S2/c1-4-6-9-24-10-11-27(21,22)14-16-13-26-19(20-16)15-7-8-17(25-5-2)18(12-15)23-3/h7-8,12-13H,4-6,9-11,14H2,1-3H3. The molecule has 0 aliphatic carbocycles. The molecule has 6 nitrogen and oxygen atoms in total. The molecule has 0 N–H and O–H groups in total. The number of unbranched alkanes of at least 4 members (excludes halogenated alkanes) is 1. The third-order valence-electron chi connectivity index (χ3n) is 3.81. The molecule has 0 saturated carbocycles. The van der Waals surface area contributed by atoms with E-state index in [2.05, 4.69) is 11.9 Å². The summed E-state index contributed by atoms with van der Waals surface area (Å²) in [5, 5.41) is 2.54. The summed E-state index contributed by atoms with van der Waals surface area (Å²) >= 11 is 1.41. The number of nitrogens with zero attached hydrogens (tertiary/aromatic N) is 1. The van der Waals surface area contributed by atoms with E-state index in [4.69, 9.17) is 14.2 Å². The van der Waals surface area contributed by atoms with Crippen molar-refractivity contribution < 1.29 is 22.6 Å². The van der Waals surface area contributed by atoms with Crippen molar-refractivity contribution in [1.82, 2.24) is 4.98 Å². The highest BCUT2D eigenvalue weighted by Gasteiger charge is 2.16. The minimum absolute atomic E-state index is 0.0143. The quantitative estimate of drug-likeness (QED) is 0.491. The Morgan fingerprint density at radius 2 is 1.96 bits per heavy atom. The van der Waals surface area contributed by atoms with Crippen LogP contribution in [-0.4, -0.2) is 46.1 Å². The van der Waals surface area contributed by atoms with Crippen molar-refractivity contribution in [1.29, 1.82) is 0 Å². The first kappa shape index (κ1) is 21.7. The summed E-state index contributed by atoms with van der Waals surface area (Å²) in [6, 6.07) is 5.58. The second kappa shape index (κ2) is 10.6. The smallest absolute Gasteiger partial charge is 0.161 e. The summed E-state index contributed by atoms with van der Waals surface area (Å²) in [5.74, 6) is 1.24. The van der Waals surface area contributed by atoms with Crippen LogP contribution in [-0.2, 0) is 20.3 Å². The lowest BCUT2D eigenvalue weighted by molar-refractivity contribution is 0.146. The van der Waals surface area contributed by atoms with Crippen LogP contribution in [0.2, 0.25) is 0 Å². The number of sulfone groups is 1. The van der Waals surface area contributed by atoms with Crippen molar-refractivity contribution in [3.8, 4) is 22.1 Å². The van der Waals surface area contributed by atoms with Crippen molar-refractivity contribution in [2.24, 2.45) is 0 Å². The zero-order chi connectivity index (χ0) is 19.7. The molecule has 0 unspecified atom stereocenters. The molecule has 0 atom stereocenters. The molecule has 0 amide bonds. The molecule has 0 saturated heterocycles. The van der Waals surface area contributed by atoms with Crippen LogP contribution in [0, 0.1) is 0 Å². The summed E-state index contributed by atoms with van der Waals surface area (Å²) < 4.78 is 40.7. The summed E-state index contributed by atoms with van der Waals surface area (Å²) in [7, 11) is -1.66. The third-order valence-corrected chi connectivity index (χ3v) is 6.28. The van der Waals surface area contributed by atoms with Gasteiger partial charge in [-0.1, -0.05) is 13.3 Å². The number of hydrogen-bond donors (Lipinski definition) is 0. The molecule has 0 spiro atoms. The predicted octanol–water partition coefficient (Wildman–Crippen LogP) is 3.95. The normalized spacial score (nSPS) is 11.5. The number of aromatic nitrogens is 1. The highest BCUT2D eigenvalue weighted by atomic mass is 32.2. The highest BCUT2D eigenvalue weighted by molar-refractivity contribution is 7.90. The minimum Gasteiger partial charge on any atom is -0.493 e. The maximum atomic E-state index is 12.2. The summed E-state index contributed by atoms with van der Waals surface area (Å²) in [5.41, 5.74) is 1.42. The maximum Gasteiger partial charge on any atom is 0.161 e. The number of ether oxygens (including phenoxy) is 3. The fraction of sp³-hybridized carbons (Fsp3) is 0.526. The lowest BCUT2D eigenvalue weighted by atomic mass is 10.2. The molecular formula is C19H27NO5S2. The molecule has 2 aromatic rings. The molecule has 150 valence electrons. The van der Waals surface area contributed by atoms with Gasteiger partial charge in [-0.05, 0) is 31.5 Å². The number of rotatable bonds is 12. The van der Waals surface area contributed by atoms with Crippen LogP contribution < -0.4 is 9.47 Å². The molecule has 0 bridgehead atoms. The van der Waals surface area contributed by atoms with Crippen LogP contribution in [0.15, 0.2) is 23.6 Å². The van der Waals surface area contributed by atoms with Gasteiger partial charge in [-0.2, -0.15) is 0 Å². The van der Waals surface area contributed by atoms with Gasteiger partial charge in [0.05, 0.1) is 37.5 Å². The zero-order valence-corrected chi connectivity index (χ0v) is 17.7. The Morgan fingerprint density at radius 1 is 1.15 bits per heavy atom. The first-order valence-electron chi connectivity index (χ1n) is 9.02. The van der Waals surface area contributed by atoms with Gasteiger partial charge in [0, 0.05) is 17.6 Å². The molecule has 1 aromatic heterocycles. The van der Waals surface area contributed by atoms with Crippen molar-refractivity contribution in [2.75, 3.05) is 32.7 Å². The number of benzene rings is 1. The zero-order valence-electron chi connectivity index (χ0n) is 16.1. The van der Waals surface area contributed by atoms with E-state index in [1.807, 2.05) is 25.1 Å². The van der Waals surface area contributed by atoms with E-state index in [1.54, 1.807) is 12.5 Å². The van der Waals surface area contributed by atoms with Gasteiger partial charge in [-0.25, -0.2) is 13.4 Å². The molecule has 1 heterocycles. The largest absolute Gasteiger partial charge is 0.493 e. The van der Waals surface area contributed by atoms with Gasteiger partial charge in [0.25, 0.3) is 0 Å². The average molecular weight is 414 g/mol. The van der Waals surface area contributed by atoms with Gasteiger partial charge in [-0.3, -0.25) is 0 Å². The first-order valence-corrected chi connectivity index (χ1v) is 11.7. The van der Waals surface area contributed by atoms with Gasteiger partial charge in [0.1, 0.15) is 5.01 Å². The van der Waals surface area contributed by atoms with Gasteiger partial charge < -0.3 is 14.2 Å². The Balaban J connectivity index is 2.01. The number of thiazole rings is 1. The molecule has 1 aromatic carbocycles. The van der Waals surface area contributed by atoms with Gasteiger partial charge in [0.2, 0.25) is 0 Å².